The standard InChI is InChI=1S/C24H38O/c1-17-8-13-23(4)18-6-7-20-21(2)10-5-11-24(20,16-25-15-21)19(18)9-12-22(23,3)14-17/h9,17-18,20H,5-8,10-16H2,1-4H3. The van der Waals surface area contributed by atoms with Gasteiger partial charge in [0.15, 0.2) is 0 Å². The highest BCUT2D eigenvalue weighted by Crippen LogP contribution is 2.71. The largest absolute Gasteiger partial charge is 0.380 e. The summed E-state index contributed by atoms with van der Waals surface area (Å²) in [6, 6.07) is 0. The van der Waals surface area contributed by atoms with Gasteiger partial charge in [-0.3, -0.25) is 0 Å². The molecule has 0 aromatic heterocycles. The Kier molecular flexibility index (Phi) is 3.47. The van der Waals surface area contributed by atoms with Crippen molar-refractivity contribution in [3.05, 3.63) is 11.6 Å². The minimum absolute atomic E-state index is 0.404. The third-order valence-electron chi connectivity index (χ3n) is 10.2. The Bertz CT molecular complexity index is 593. The van der Waals surface area contributed by atoms with E-state index in [1.54, 1.807) is 0 Å². The summed E-state index contributed by atoms with van der Waals surface area (Å²) in [6.45, 7) is 12.4. The van der Waals surface area contributed by atoms with Crippen LogP contribution < -0.4 is 0 Å². The van der Waals surface area contributed by atoms with E-state index in [0.717, 1.165) is 31.0 Å². The van der Waals surface area contributed by atoms with Gasteiger partial charge in [-0.2, -0.15) is 0 Å². The normalized spacial score (nSPS) is 57.8. The Hall–Kier alpha value is -0.300. The SMILES string of the molecule is CC1CCC2(C)C3CCC4C5(C)CCCC4(COC5)C3=CCC2(C)C1. The van der Waals surface area contributed by atoms with E-state index in [0.29, 0.717) is 21.7 Å². The van der Waals surface area contributed by atoms with Crippen LogP contribution in [-0.2, 0) is 4.74 Å². The minimum atomic E-state index is 0.404. The zero-order valence-electron chi connectivity index (χ0n) is 17.0. The van der Waals surface area contributed by atoms with Crippen LogP contribution in [0.15, 0.2) is 11.6 Å². The predicted molar refractivity (Wildman–Crippen MR) is 103 cm³/mol. The van der Waals surface area contributed by atoms with E-state index >= 15 is 0 Å². The Balaban J connectivity index is 1.60. The molecule has 0 radical (unpaired) electrons. The Morgan fingerprint density at radius 1 is 1.00 bits per heavy atom. The number of hydrogen-bond donors (Lipinski definition) is 0. The van der Waals surface area contributed by atoms with Gasteiger partial charge in [-0.15, -0.1) is 0 Å². The lowest BCUT2D eigenvalue weighted by molar-refractivity contribution is -0.181. The van der Waals surface area contributed by atoms with Crippen LogP contribution in [0.5, 0.6) is 0 Å². The van der Waals surface area contributed by atoms with Crippen molar-refractivity contribution in [3.8, 4) is 0 Å². The molecule has 25 heavy (non-hydrogen) atoms. The van der Waals surface area contributed by atoms with Crippen LogP contribution in [-0.4, -0.2) is 13.2 Å². The van der Waals surface area contributed by atoms with Crippen LogP contribution >= 0.6 is 0 Å². The second kappa shape index (κ2) is 5.15. The number of rotatable bonds is 0. The van der Waals surface area contributed by atoms with E-state index in [-0.39, 0.29) is 0 Å². The molecule has 5 aliphatic rings. The first-order chi connectivity index (χ1) is 11.8. The van der Waals surface area contributed by atoms with Gasteiger partial charge >= 0.3 is 0 Å². The Morgan fingerprint density at radius 3 is 2.68 bits per heavy atom. The molecule has 1 aliphatic heterocycles. The molecule has 0 spiro atoms. The highest BCUT2D eigenvalue weighted by molar-refractivity contribution is 5.33. The van der Waals surface area contributed by atoms with E-state index in [1.165, 1.54) is 57.8 Å². The highest BCUT2D eigenvalue weighted by Gasteiger charge is 2.64. The monoisotopic (exact) mass is 342 g/mol. The van der Waals surface area contributed by atoms with Crippen molar-refractivity contribution in [2.24, 2.45) is 39.4 Å². The average Bonchev–Trinajstić information content (AvgIpc) is 2.55. The molecule has 7 atom stereocenters. The van der Waals surface area contributed by atoms with Crippen molar-refractivity contribution >= 4 is 0 Å². The van der Waals surface area contributed by atoms with Crippen LogP contribution in [0.2, 0.25) is 0 Å². The maximum atomic E-state index is 6.32. The topological polar surface area (TPSA) is 9.23 Å². The van der Waals surface area contributed by atoms with Crippen LogP contribution in [0.1, 0.15) is 85.5 Å². The molecule has 1 heterocycles. The number of ether oxygens (including phenoxy) is 1. The summed E-state index contributed by atoms with van der Waals surface area (Å²) in [5.74, 6) is 2.64. The minimum Gasteiger partial charge on any atom is -0.380 e. The van der Waals surface area contributed by atoms with Crippen LogP contribution in [0, 0.1) is 39.4 Å². The number of fused-ring (bicyclic) bond motifs is 3. The third kappa shape index (κ3) is 2.00. The van der Waals surface area contributed by atoms with Gasteiger partial charge in [0, 0.05) is 5.41 Å². The van der Waals surface area contributed by atoms with Gasteiger partial charge in [0.05, 0.1) is 13.2 Å². The molecule has 3 saturated carbocycles. The van der Waals surface area contributed by atoms with Gasteiger partial charge in [-0.05, 0) is 78.9 Å². The second-order valence-electron chi connectivity index (χ2n) is 11.5. The fourth-order valence-electron chi connectivity index (χ4n) is 8.73. The van der Waals surface area contributed by atoms with Gasteiger partial charge in [0.25, 0.3) is 0 Å². The highest BCUT2D eigenvalue weighted by atomic mass is 16.5. The molecule has 0 N–H and O–H groups in total. The third-order valence-corrected chi connectivity index (χ3v) is 10.2. The Morgan fingerprint density at radius 2 is 1.84 bits per heavy atom. The van der Waals surface area contributed by atoms with Crippen molar-refractivity contribution in [2.45, 2.75) is 85.5 Å². The molecule has 1 heteroatoms. The Labute approximate surface area is 155 Å². The molecule has 0 amide bonds. The predicted octanol–water partition coefficient (Wildman–Crippen LogP) is 6.38. The van der Waals surface area contributed by atoms with E-state index in [9.17, 15) is 0 Å². The first-order valence-electron chi connectivity index (χ1n) is 11.1. The van der Waals surface area contributed by atoms with Gasteiger partial charge < -0.3 is 4.74 Å². The van der Waals surface area contributed by atoms with E-state index in [1.807, 2.05) is 5.57 Å². The van der Waals surface area contributed by atoms with Gasteiger partial charge in [0.1, 0.15) is 0 Å². The average molecular weight is 343 g/mol. The van der Waals surface area contributed by atoms with Crippen molar-refractivity contribution in [3.63, 3.8) is 0 Å². The van der Waals surface area contributed by atoms with Crippen LogP contribution in [0.25, 0.3) is 0 Å². The van der Waals surface area contributed by atoms with Crippen molar-refractivity contribution < 1.29 is 4.74 Å². The summed E-state index contributed by atoms with van der Waals surface area (Å²) < 4.78 is 6.32. The molecule has 1 saturated heterocycles. The van der Waals surface area contributed by atoms with Crippen molar-refractivity contribution in [1.82, 2.24) is 0 Å². The molecule has 0 aromatic carbocycles. The molecular formula is C24H38O. The lowest BCUT2D eigenvalue weighted by atomic mass is 9.38. The van der Waals surface area contributed by atoms with Crippen LogP contribution in [0.3, 0.4) is 0 Å². The van der Waals surface area contributed by atoms with Crippen molar-refractivity contribution in [1.29, 1.82) is 0 Å². The second-order valence-corrected chi connectivity index (χ2v) is 11.5. The lowest BCUT2D eigenvalue weighted by Gasteiger charge is -2.67. The molecule has 2 bridgehead atoms. The molecule has 4 fully saturated rings. The summed E-state index contributed by atoms with van der Waals surface area (Å²) in [7, 11) is 0. The maximum absolute atomic E-state index is 6.32. The molecule has 1 nitrogen and oxygen atoms in total. The van der Waals surface area contributed by atoms with Gasteiger partial charge in [-0.25, -0.2) is 0 Å². The molecule has 4 aliphatic carbocycles. The summed E-state index contributed by atoms with van der Waals surface area (Å²) in [5, 5.41) is 0. The zero-order valence-corrected chi connectivity index (χ0v) is 17.0. The van der Waals surface area contributed by atoms with Gasteiger partial charge in [-0.1, -0.05) is 52.2 Å². The summed E-state index contributed by atoms with van der Waals surface area (Å²) >= 11 is 0. The molecule has 7 unspecified atom stereocenters. The summed E-state index contributed by atoms with van der Waals surface area (Å²) in [4.78, 5) is 0. The molecule has 140 valence electrons. The molecular weight excluding hydrogens is 304 g/mol. The lowest BCUT2D eigenvalue weighted by Crippen LogP contribution is -2.61. The molecule has 0 aromatic rings. The maximum Gasteiger partial charge on any atom is 0.0562 e. The zero-order chi connectivity index (χ0) is 17.5. The first kappa shape index (κ1) is 16.8. The number of hydrogen-bond acceptors (Lipinski definition) is 1. The number of allylic oxidation sites excluding steroid dienone is 1. The smallest absolute Gasteiger partial charge is 0.0562 e. The van der Waals surface area contributed by atoms with Crippen molar-refractivity contribution in [2.75, 3.05) is 13.2 Å². The molecule has 5 rings (SSSR count). The van der Waals surface area contributed by atoms with Gasteiger partial charge in [0.2, 0.25) is 0 Å². The fraction of sp³-hybridized carbons (Fsp3) is 0.917. The quantitative estimate of drug-likeness (QED) is 0.464. The summed E-state index contributed by atoms with van der Waals surface area (Å²) in [6.07, 6.45) is 15.5. The first-order valence-corrected chi connectivity index (χ1v) is 11.1. The van der Waals surface area contributed by atoms with E-state index in [2.05, 4.69) is 33.8 Å². The van der Waals surface area contributed by atoms with E-state index in [4.69, 9.17) is 4.74 Å². The van der Waals surface area contributed by atoms with Crippen LogP contribution in [0.4, 0.5) is 0 Å². The van der Waals surface area contributed by atoms with E-state index < -0.39 is 0 Å². The summed E-state index contributed by atoms with van der Waals surface area (Å²) in [5.41, 5.74) is 3.78. The fourth-order valence-corrected chi connectivity index (χ4v) is 8.73.